The molecule has 0 radical (unpaired) electrons. The van der Waals surface area contributed by atoms with Crippen molar-refractivity contribution in [1.82, 2.24) is 15.0 Å². The molecule has 1 aromatic heterocycles. The molecule has 0 fully saturated rings. The minimum absolute atomic E-state index is 0.0570. The summed E-state index contributed by atoms with van der Waals surface area (Å²) in [6, 6.07) is 9.63. The fraction of sp³-hybridized carbons (Fsp3) is 0.133. The van der Waals surface area contributed by atoms with E-state index in [4.69, 9.17) is 5.11 Å². The SMILES string of the molecule is C=C(C)Cn1nnc(C(=O)O)c1/C=C/c1ccccc1. The molecule has 0 unspecified atom stereocenters. The molecule has 0 aliphatic rings. The largest absolute Gasteiger partial charge is 0.476 e. The van der Waals surface area contributed by atoms with Crippen molar-refractivity contribution < 1.29 is 9.90 Å². The standard InChI is InChI=1S/C15H15N3O2/c1-11(2)10-18-13(14(15(19)20)16-17-18)9-8-12-6-4-3-5-7-12/h3-9H,1,10H2,2H3,(H,19,20)/b9-8+. The summed E-state index contributed by atoms with van der Waals surface area (Å²) in [5.41, 5.74) is 2.26. The number of benzene rings is 1. The number of carbonyl (C=O) groups is 1. The molecule has 1 N–H and O–H groups in total. The van der Waals surface area contributed by atoms with Gasteiger partial charge in [-0.2, -0.15) is 0 Å². The highest BCUT2D eigenvalue weighted by Gasteiger charge is 2.16. The molecular formula is C15H15N3O2. The summed E-state index contributed by atoms with van der Waals surface area (Å²) in [7, 11) is 0. The van der Waals surface area contributed by atoms with Crippen LogP contribution in [0.5, 0.6) is 0 Å². The van der Waals surface area contributed by atoms with Gasteiger partial charge in [-0.1, -0.05) is 53.8 Å². The van der Waals surface area contributed by atoms with Gasteiger partial charge in [-0.25, -0.2) is 9.48 Å². The van der Waals surface area contributed by atoms with Crippen molar-refractivity contribution in [3.8, 4) is 0 Å². The Kier molecular flexibility index (Phi) is 4.10. The van der Waals surface area contributed by atoms with E-state index in [9.17, 15) is 4.79 Å². The lowest BCUT2D eigenvalue weighted by atomic mass is 10.2. The second-order valence-electron chi connectivity index (χ2n) is 4.49. The highest BCUT2D eigenvalue weighted by atomic mass is 16.4. The highest BCUT2D eigenvalue weighted by molar-refractivity contribution is 5.90. The van der Waals surface area contributed by atoms with Crippen LogP contribution in [-0.2, 0) is 6.54 Å². The van der Waals surface area contributed by atoms with E-state index in [1.54, 1.807) is 6.08 Å². The van der Waals surface area contributed by atoms with Crippen molar-refractivity contribution in [3.63, 3.8) is 0 Å². The van der Waals surface area contributed by atoms with Gasteiger partial charge in [0.25, 0.3) is 0 Å². The van der Waals surface area contributed by atoms with Crippen LogP contribution in [0, 0.1) is 0 Å². The normalized spacial score (nSPS) is 10.8. The average Bonchev–Trinajstić information content (AvgIpc) is 2.80. The first kappa shape index (κ1) is 13.7. The molecule has 0 aliphatic carbocycles. The third-order valence-corrected chi connectivity index (χ3v) is 2.63. The predicted molar refractivity (Wildman–Crippen MR) is 77.2 cm³/mol. The Morgan fingerprint density at radius 3 is 2.65 bits per heavy atom. The van der Waals surface area contributed by atoms with Crippen LogP contribution in [0.25, 0.3) is 12.2 Å². The molecule has 20 heavy (non-hydrogen) atoms. The summed E-state index contributed by atoms with van der Waals surface area (Å²) in [5, 5.41) is 16.7. The zero-order valence-electron chi connectivity index (χ0n) is 11.2. The molecule has 1 heterocycles. The van der Waals surface area contributed by atoms with Crippen LogP contribution in [0.15, 0.2) is 42.5 Å². The molecule has 0 saturated heterocycles. The van der Waals surface area contributed by atoms with Crippen molar-refractivity contribution in [2.24, 2.45) is 0 Å². The van der Waals surface area contributed by atoms with Crippen LogP contribution >= 0.6 is 0 Å². The second kappa shape index (κ2) is 5.97. The van der Waals surface area contributed by atoms with Gasteiger partial charge in [0, 0.05) is 0 Å². The van der Waals surface area contributed by atoms with E-state index in [0.29, 0.717) is 12.2 Å². The van der Waals surface area contributed by atoms with E-state index in [1.165, 1.54) is 4.68 Å². The number of carboxylic acids is 1. The molecule has 5 nitrogen and oxygen atoms in total. The lowest BCUT2D eigenvalue weighted by Crippen LogP contribution is -2.05. The number of aromatic carboxylic acids is 1. The number of allylic oxidation sites excluding steroid dienone is 1. The Morgan fingerprint density at radius 1 is 1.35 bits per heavy atom. The summed E-state index contributed by atoms with van der Waals surface area (Å²) in [5.74, 6) is -1.09. The van der Waals surface area contributed by atoms with Crippen molar-refractivity contribution in [2.45, 2.75) is 13.5 Å². The third kappa shape index (κ3) is 3.20. The Labute approximate surface area is 116 Å². The molecule has 2 rings (SSSR count). The monoisotopic (exact) mass is 269 g/mol. The molecule has 0 amide bonds. The van der Waals surface area contributed by atoms with Crippen LogP contribution in [0.3, 0.4) is 0 Å². The predicted octanol–water partition coefficient (Wildman–Crippen LogP) is 2.72. The second-order valence-corrected chi connectivity index (χ2v) is 4.49. The summed E-state index contributed by atoms with van der Waals surface area (Å²) in [6.45, 7) is 6.10. The van der Waals surface area contributed by atoms with Gasteiger partial charge in [0.15, 0.2) is 5.69 Å². The Morgan fingerprint density at radius 2 is 2.05 bits per heavy atom. The summed E-state index contributed by atoms with van der Waals surface area (Å²) in [4.78, 5) is 11.2. The van der Waals surface area contributed by atoms with E-state index >= 15 is 0 Å². The van der Waals surface area contributed by atoms with Gasteiger partial charge in [0.2, 0.25) is 0 Å². The fourth-order valence-electron chi connectivity index (χ4n) is 1.75. The van der Waals surface area contributed by atoms with Gasteiger partial charge in [0.1, 0.15) is 0 Å². The Balaban J connectivity index is 2.37. The maximum absolute atomic E-state index is 11.2. The quantitative estimate of drug-likeness (QED) is 0.847. The number of aromatic nitrogens is 3. The molecule has 0 bridgehead atoms. The molecule has 102 valence electrons. The molecule has 0 spiro atoms. The van der Waals surface area contributed by atoms with Crippen LogP contribution in [-0.4, -0.2) is 26.1 Å². The first-order valence-electron chi connectivity index (χ1n) is 6.12. The van der Waals surface area contributed by atoms with E-state index in [2.05, 4.69) is 16.9 Å². The maximum Gasteiger partial charge on any atom is 0.358 e. The maximum atomic E-state index is 11.2. The van der Waals surface area contributed by atoms with Gasteiger partial charge < -0.3 is 5.11 Å². The van der Waals surface area contributed by atoms with Crippen molar-refractivity contribution in [1.29, 1.82) is 0 Å². The number of nitrogens with zero attached hydrogens (tertiary/aromatic N) is 3. The van der Waals surface area contributed by atoms with E-state index in [0.717, 1.165) is 11.1 Å². The number of rotatable bonds is 5. The molecule has 0 saturated carbocycles. The Hall–Kier alpha value is -2.69. The average molecular weight is 269 g/mol. The zero-order chi connectivity index (χ0) is 14.5. The topological polar surface area (TPSA) is 68.0 Å². The molecule has 0 atom stereocenters. The summed E-state index contributed by atoms with van der Waals surface area (Å²) >= 11 is 0. The van der Waals surface area contributed by atoms with Gasteiger partial charge in [-0.05, 0) is 18.6 Å². The highest BCUT2D eigenvalue weighted by Crippen LogP contribution is 2.12. The lowest BCUT2D eigenvalue weighted by Gasteiger charge is -2.02. The molecule has 0 aliphatic heterocycles. The lowest BCUT2D eigenvalue weighted by molar-refractivity contribution is 0.0690. The third-order valence-electron chi connectivity index (χ3n) is 2.63. The number of carboxylic acid groups (broad SMARTS) is 1. The van der Waals surface area contributed by atoms with Crippen LogP contribution in [0.2, 0.25) is 0 Å². The van der Waals surface area contributed by atoms with Crippen LogP contribution in [0.1, 0.15) is 28.7 Å². The number of hydrogen-bond acceptors (Lipinski definition) is 3. The molecule has 1 aromatic carbocycles. The zero-order valence-corrected chi connectivity index (χ0v) is 11.2. The van der Waals surface area contributed by atoms with Crippen LogP contribution in [0.4, 0.5) is 0 Å². The van der Waals surface area contributed by atoms with Gasteiger partial charge in [-0.3, -0.25) is 0 Å². The number of hydrogen-bond donors (Lipinski definition) is 1. The van der Waals surface area contributed by atoms with E-state index < -0.39 is 5.97 Å². The smallest absolute Gasteiger partial charge is 0.358 e. The van der Waals surface area contributed by atoms with Crippen molar-refractivity contribution >= 4 is 18.1 Å². The summed E-state index contributed by atoms with van der Waals surface area (Å²) in [6.07, 6.45) is 3.54. The first-order valence-corrected chi connectivity index (χ1v) is 6.12. The Bertz CT molecular complexity index is 657. The van der Waals surface area contributed by atoms with Crippen molar-refractivity contribution in [3.05, 3.63) is 59.4 Å². The van der Waals surface area contributed by atoms with Gasteiger partial charge in [-0.15, -0.1) is 5.10 Å². The molecule has 2 aromatic rings. The summed E-state index contributed by atoms with van der Waals surface area (Å²) < 4.78 is 1.53. The molecule has 5 heteroatoms. The van der Waals surface area contributed by atoms with Gasteiger partial charge >= 0.3 is 5.97 Å². The minimum atomic E-state index is -1.09. The van der Waals surface area contributed by atoms with Crippen molar-refractivity contribution in [2.75, 3.05) is 0 Å². The first-order chi connectivity index (χ1) is 9.58. The van der Waals surface area contributed by atoms with E-state index in [-0.39, 0.29) is 5.69 Å². The van der Waals surface area contributed by atoms with Gasteiger partial charge in [0.05, 0.1) is 12.2 Å². The molecular weight excluding hydrogens is 254 g/mol. The van der Waals surface area contributed by atoms with Crippen LogP contribution < -0.4 is 0 Å². The minimum Gasteiger partial charge on any atom is -0.476 e. The van der Waals surface area contributed by atoms with E-state index in [1.807, 2.05) is 43.3 Å². The fourth-order valence-corrected chi connectivity index (χ4v) is 1.75.